The Morgan fingerprint density at radius 2 is 2.08 bits per heavy atom. The normalized spacial score (nSPS) is 10.4. The number of unbranched alkanes of at least 4 members (excludes halogenated alkanes) is 2. The minimum absolute atomic E-state index is 0.0883. The molecule has 1 rings (SSSR count). The maximum Gasteiger partial charge on any atom is 0.136 e. The second kappa shape index (κ2) is 5.58. The van der Waals surface area contributed by atoms with Crippen LogP contribution in [0.1, 0.15) is 31.7 Å². The number of benzene rings is 1. The summed E-state index contributed by atoms with van der Waals surface area (Å²) in [6.45, 7) is 2.18. The number of rotatable bonds is 4. The molecule has 0 atom stereocenters. The van der Waals surface area contributed by atoms with E-state index in [2.05, 4.69) is 6.92 Å². The monoisotopic (exact) mass is 292 g/mol. The first-order chi connectivity index (χ1) is 6.24. The van der Waals surface area contributed by atoms with E-state index < -0.39 is 0 Å². The summed E-state index contributed by atoms with van der Waals surface area (Å²) in [4.78, 5) is 0. The van der Waals surface area contributed by atoms with Gasteiger partial charge in [-0.2, -0.15) is 0 Å². The van der Waals surface area contributed by atoms with Crippen molar-refractivity contribution in [3.05, 3.63) is 33.1 Å². The number of hydrogen-bond acceptors (Lipinski definition) is 0. The lowest BCUT2D eigenvalue weighted by molar-refractivity contribution is 0.616. The molecule has 0 bridgehead atoms. The van der Waals surface area contributed by atoms with Crippen LogP contribution in [0.3, 0.4) is 0 Å². The molecule has 0 aliphatic carbocycles. The van der Waals surface area contributed by atoms with Gasteiger partial charge in [-0.25, -0.2) is 4.39 Å². The van der Waals surface area contributed by atoms with Crippen LogP contribution in [-0.2, 0) is 6.42 Å². The Morgan fingerprint density at radius 3 is 2.69 bits per heavy atom. The van der Waals surface area contributed by atoms with E-state index in [0.29, 0.717) is 3.57 Å². The zero-order valence-corrected chi connectivity index (χ0v) is 9.97. The van der Waals surface area contributed by atoms with E-state index in [0.717, 1.165) is 18.4 Å². The molecule has 0 spiro atoms. The molecule has 0 aliphatic rings. The number of aryl methyl sites for hydroxylation is 1. The average molecular weight is 292 g/mol. The van der Waals surface area contributed by atoms with E-state index in [-0.39, 0.29) is 5.82 Å². The summed E-state index contributed by atoms with van der Waals surface area (Å²) in [5, 5.41) is 0. The Labute approximate surface area is 92.7 Å². The van der Waals surface area contributed by atoms with Gasteiger partial charge in [0.25, 0.3) is 0 Å². The highest BCUT2D eigenvalue weighted by Gasteiger charge is 1.99. The van der Waals surface area contributed by atoms with Crippen LogP contribution in [0.4, 0.5) is 4.39 Å². The second-order valence-corrected chi connectivity index (χ2v) is 4.37. The first-order valence-electron chi connectivity index (χ1n) is 4.68. The molecule has 0 aromatic heterocycles. The molecule has 1 aromatic carbocycles. The predicted octanol–water partition coefficient (Wildman–Crippen LogP) is 4.16. The van der Waals surface area contributed by atoms with E-state index in [9.17, 15) is 4.39 Å². The standard InChI is InChI=1S/C11H14FI/c1-2-3-4-5-9-6-7-11(13)10(12)8-9/h6-8H,2-5H2,1H3. The summed E-state index contributed by atoms with van der Waals surface area (Å²) in [5.41, 5.74) is 1.12. The second-order valence-electron chi connectivity index (χ2n) is 3.21. The van der Waals surface area contributed by atoms with Crippen molar-refractivity contribution in [2.45, 2.75) is 32.6 Å². The summed E-state index contributed by atoms with van der Waals surface area (Å²) in [6.07, 6.45) is 4.61. The summed E-state index contributed by atoms with van der Waals surface area (Å²) in [6, 6.07) is 5.51. The zero-order chi connectivity index (χ0) is 9.68. The van der Waals surface area contributed by atoms with Gasteiger partial charge in [0.15, 0.2) is 0 Å². The Hall–Kier alpha value is -0.120. The third-order valence-electron chi connectivity index (χ3n) is 2.05. The molecular weight excluding hydrogens is 278 g/mol. The molecule has 0 N–H and O–H groups in total. The van der Waals surface area contributed by atoms with Crippen LogP contribution >= 0.6 is 22.6 Å². The molecule has 72 valence electrons. The summed E-state index contributed by atoms with van der Waals surface area (Å²) in [7, 11) is 0. The van der Waals surface area contributed by atoms with E-state index in [1.165, 1.54) is 12.8 Å². The molecule has 1 aromatic rings. The van der Waals surface area contributed by atoms with Gasteiger partial charge in [0.05, 0.1) is 0 Å². The van der Waals surface area contributed by atoms with E-state index in [4.69, 9.17) is 0 Å². The average Bonchev–Trinajstić information content (AvgIpc) is 2.12. The summed E-state index contributed by atoms with van der Waals surface area (Å²) in [5.74, 6) is -0.0883. The van der Waals surface area contributed by atoms with Crippen LogP contribution in [0.25, 0.3) is 0 Å². The summed E-state index contributed by atoms with van der Waals surface area (Å²) < 4.78 is 13.8. The van der Waals surface area contributed by atoms with Crippen LogP contribution in [0.2, 0.25) is 0 Å². The van der Waals surface area contributed by atoms with Gasteiger partial charge >= 0.3 is 0 Å². The van der Waals surface area contributed by atoms with Gasteiger partial charge in [-0.05, 0) is 53.1 Å². The Kier molecular flexibility index (Phi) is 4.70. The lowest BCUT2D eigenvalue weighted by Crippen LogP contribution is -1.89. The van der Waals surface area contributed by atoms with Crippen molar-refractivity contribution in [2.75, 3.05) is 0 Å². The topological polar surface area (TPSA) is 0 Å². The Bertz CT molecular complexity index is 271. The Balaban J connectivity index is 2.53. The van der Waals surface area contributed by atoms with Gasteiger partial charge in [0.1, 0.15) is 5.82 Å². The first-order valence-corrected chi connectivity index (χ1v) is 5.76. The third-order valence-corrected chi connectivity index (χ3v) is 2.93. The number of hydrogen-bond donors (Lipinski definition) is 0. The highest BCUT2D eigenvalue weighted by Crippen LogP contribution is 2.14. The SMILES string of the molecule is CCCCCc1ccc(I)c(F)c1. The third kappa shape index (κ3) is 3.63. The molecule has 0 aliphatic heterocycles. The zero-order valence-electron chi connectivity index (χ0n) is 7.82. The molecule has 0 nitrogen and oxygen atoms in total. The molecule has 0 saturated heterocycles. The predicted molar refractivity (Wildman–Crippen MR) is 62.3 cm³/mol. The van der Waals surface area contributed by atoms with E-state index >= 15 is 0 Å². The van der Waals surface area contributed by atoms with Gasteiger partial charge in [-0.3, -0.25) is 0 Å². The molecule has 0 amide bonds. The van der Waals surface area contributed by atoms with E-state index in [1.54, 1.807) is 6.07 Å². The van der Waals surface area contributed by atoms with Crippen molar-refractivity contribution in [1.29, 1.82) is 0 Å². The number of halogens is 2. The Morgan fingerprint density at radius 1 is 1.31 bits per heavy atom. The summed E-state index contributed by atoms with van der Waals surface area (Å²) >= 11 is 2.01. The molecule has 0 unspecified atom stereocenters. The molecule has 0 fully saturated rings. The maximum atomic E-state index is 13.1. The quantitative estimate of drug-likeness (QED) is 0.577. The van der Waals surface area contributed by atoms with Crippen molar-refractivity contribution in [3.8, 4) is 0 Å². The van der Waals surface area contributed by atoms with Crippen LogP contribution < -0.4 is 0 Å². The highest BCUT2D eigenvalue weighted by atomic mass is 127. The van der Waals surface area contributed by atoms with Crippen LogP contribution in [0.15, 0.2) is 18.2 Å². The minimum atomic E-state index is -0.0883. The van der Waals surface area contributed by atoms with Crippen LogP contribution in [0, 0.1) is 9.39 Å². The van der Waals surface area contributed by atoms with E-state index in [1.807, 2.05) is 34.7 Å². The van der Waals surface area contributed by atoms with Crippen LogP contribution in [-0.4, -0.2) is 0 Å². The fraction of sp³-hybridized carbons (Fsp3) is 0.455. The van der Waals surface area contributed by atoms with Gasteiger partial charge in [0.2, 0.25) is 0 Å². The molecule has 0 saturated carbocycles. The van der Waals surface area contributed by atoms with Crippen molar-refractivity contribution < 1.29 is 4.39 Å². The van der Waals surface area contributed by atoms with Crippen molar-refractivity contribution >= 4 is 22.6 Å². The van der Waals surface area contributed by atoms with Gasteiger partial charge in [-0.15, -0.1) is 0 Å². The molecule has 2 heteroatoms. The van der Waals surface area contributed by atoms with Gasteiger partial charge < -0.3 is 0 Å². The lowest BCUT2D eigenvalue weighted by atomic mass is 10.1. The molecular formula is C11H14FI. The fourth-order valence-corrected chi connectivity index (χ4v) is 1.61. The smallest absolute Gasteiger partial charge is 0.136 e. The van der Waals surface area contributed by atoms with Gasteiger partial charge in [-0.1, -0.05) is 25.8 Å². The van der Waals surface area contributed by atoms with Crippen molar-refractivity contribution in [3.63, 3.8) is 0 Å². The van der Waals surface area contributed by atoms with Crippen molar-refractivity contribution in [1.82, 2.24) is 0 Å². The highest BCUT2D eigenvalue weighted by molar-refractivity contribution is 14.1. The van der Waals surface area contributed by atoms with Gasteiger partial charge in [0, 0.05) is 3.57 Å². The largest absolute Gasteiger partial charge is 0.206 e. The maximum absolute atomic E-state index is 13.1. The minimum Gasteiger partial charge on any atom is -0.206 e. The van der Waals surface area contributed by atoms with Crippen molar-refractivity contribution in [2.24, 2.45) is 0 Å². The lowest BCUT2D eigenvalue weighted by Gasteiger charge is -2.01. The van der Waals surface area contributed by atoms with Crippen LogP contribution in [0.5, 0.6) is 0 Å². The first kappa shape index (κ1) is 11.0. The fourth-order valence-electron chi connectivity index (χ4n) is 1.27. The molecule has 13 heavy (non-hydrogen) atoms. The molecule has 0 heterocycles. The molecule has 0 radical (unpaired) electrons.